The minimum atomic E-state index is -0.141. The van der Waals surface area contributed by atoms with Crippen molar-refractivity contribution in [3.05, 3.63) is 38.8 Å². The van der Waals surface area contributed by atoms with Crippen LogP contribution >= 0.6 is 11.3 Å². The zero-order valence-corrected chi connectivity index (χ0v) is 15.0. The van der Waals surface area contributed by atoms with Crippen LogP contribution in [0.15, 0.2) is 15.9 Å². The minimum Gasteiger partial charge on any atom is -0.444 e. The van der Waals surface area contributed by atoms with Crippen LogP contribution in [0.2, 0.25) is 0 Å². The molecule has 2 aromatic heterocycles. The fraction of sp³-hybridized carbons (Fsp3) is 0.444. The Bertz CT molecular complexity index is 800. The Morgan fingerprint density at radius 1 is 1.54 bits per heavy atom. The number of nitrogens with one attached hydrogen (secondary N) is 1. The van der Waals surface area contributed by atoms with Gasteiger partial charge in [-0.1, -0.05) is 6.92 Å². The van der Waals surface area contributed by atoms with E-state index < -0.39 is 0 Å². The van der Waals surface area contributed by atoms with Gasteiger partial charge in [0.2, 0.25) is 11.8 Å². The number of nitrogens with zero attached hydrogens (tertiary/aromatic N) is 2. The minimum absolute atomic E-state index is 0.141. The van der Waals surface area contributed by atoms with Crippen molar-refractivity contribution >= 4 is 23.1 Å². The molecule has 0 bridgehead atoms. The van der Waals surface area contributed by atoms with Gasteiger partial charge in [0.1, 0.15) is 17.4 Å². The molecule has 1 unspecified atom stereocenters. The molecule has 6 heteroatoms. The van der Waals surface area contributed by atoms with Crippen molar-refractivity contribution in [1.82, 2.24) is 4.90 Å². The Morgan fingerprint density at radius 2 is 2.33 bits per heavy atom. The fourth-order valence-corrected chi connectivity index (χ4v) is 4.24. The normalized spacial score (nSPS) is 17.3. The quantitative estimate of drug-likeness (QED) is 0.917. The summed E-state index contributed by atoms with van der Waals surface area (Å²) in [5, 5.41) is 14.1. The van der Waals surface area contributed by atoms with E-state index in [1.54, 1.807) is 18.3 Å². The van der Waals surface area contributed by atoms with Gasteiger partial charge in [-0.25, -0.2) is 0 Å². The predicted octanol–water partition coefficient (Wildman–Crippen LogP) is 3.78. The Kier molecular flexibility index (Phi) is 4.74. The summed E-state index contributed by atoms with van der Waals surface area (Å²) >= 11 is 1.80. The van der Waals surface area contributed by atoms with Crippen molar-refractivity contribution in [3.63, 3.8) is 0 Å². The molecule has 1 N–H and O–H groups in total. The smallest absolute Gasteiger partial charge is 0.240 e. The summed E-state index contributed by atoms with van der Waals surface area (Å²) in [4.78, 5) is 16.1. The molecule has 0 aromatic carbocycles. The maximum Gasteiger partial charge on any atom is 0.240 e. The van der Waals surface area contributed by atoms with Gasteiger partial charge >= 0.3 is 0 Å². The van der Waals surface area contributed by atoms with Crippen LogP contribution in [0.3, 0.4) is 0 Å². The molecular weight excluding hydrogens is 322 g/mol. The molecule has 0 aliphatic carbocycles. The highest BCUT2D eigenvalue weighted by molar-refractivity contribution is 7.10. The molecule has 1 aliphatic rings. The van der Waals surface area contributed by atoms with Gasteiger partial charge in [-0.05, 0) is 43.7 Å². The number of hydrogen-bond acceptors (Lipinski definition) is 5. The Balaban J connectivity index is 1.72. The first kappa shape index (κ1) is 16.7. The van der Waals surface area contributed by atoms with E-state index in [1.807, 2.05) is 6.92 Å². The van der Waals surface area contributed by atoms with Crippen molar-refractivity contribution in [1.29, 1.82) is 5.26 Å². The summed E-state index contributed by atoms with van der Waals surface area (Å²) in [5.74, 6) is 0.783. The van der Waals surface area contributed by atoms with Crippen molar-refractivity contribution in [2.24, 2.45) is 0 Å². The third kappa shape index (κ3) is 2.97. The van der Waals surface area contributed by atoms with Crippen molar-refractivity contribution < 1.29 is 9.21 Å². The lowest BCUT2D eigenvalue weighted by atomic mass is 9.98. The first-order valence-electron chi connectivity index (χ1n) is 8.15. The first-order valence-corrected chi connectivity index (χ1v) is 9.03. The maximum absolute atomic E-state index is 12.5. The molecule has 1 aliphatic heterocycles. The Morgan fingerprint density at radius 3 is 3.04 bits per heavy atom. The SMILES string of the molecule is CCC1c2ccsc2CCN1CC(=O)Nc1oc(C)c(C)c1C#N. The number of carbonyl (C=O) groups excluding carboxylic acids is 1. The number of aryl methyl sites for hydroxylation is 1. The third-order valence-electron chi connectivity index (χ3n) is 4.69. The van der Waals surface area contributed by atoms with E-state index in [9.17, 15) is 10.1 Å². The number of anilines is 1. The van der Waals surface area contributed by atoms with Gasteiger partial charge in [0.05, 0.1) is 6.54 Å². The molecule has 0 saturated carbocycles. The van der Waals surface area contributed by atoms with E-state index in [1.165, 1.54) is 10.4 Å². The largest absolute Gasteiger partial charge is 0.444 e. The van der Waals surface area contributed by atoms with Gasteiger partial charge in [0, 0.05) is 23.0 Å². The van der Waals surface area contributed by atoms with Crippen LogP contribution in [0.25, 0.3) is 0 Å². The summed E-state index contributed by atoms with van der Waals surface area (Å²) in [5.41, 5.74) is 2.54. The summed E-state index contributed by atoms with van der Waals surface area (Å²) in [6.45, 7) is 6.94. The zero-order valence-electron chi connectivity index (χ0n) is 14.2. The lowest BCUT2D eigenvalue weighted by Gasteiger charge is -2.34. The second-order valence-corrected chi connectivity index (χ2v) is 7.09. The standard InChI is InChI=1S/C18H21N3O2S/c1-4-15-13-6-8-24-16(13)5-7-21(15)10-17(22)20-18-14(9-19)11(2)12(3)23-18/h6,8,15H,4-5,7,10H2,1-3H3,(H,20,22). The summed E-state index contributed by atoms with van der Waals surface area (Å²) < 4.78 is 5.52. The number of nitriles is 1. The fourth-order valence-electron chi connectivity index (χ4n) is 3.32. The summed E-state index contributed by atoms with van der Waals surface area (Å²) in [7, 11) is 0. The maximum atomic E-state index is 12.5. The van der Waals surface area contributed by atoms with Gasteiger partial charge in [-0.3, -0.25) is 15.0 Å². The topological polar surface area (TPSA) is 69.3 Å². The number of amides is 1. The molecule has 5 nitrogen and oxygen atoms in total. The highest BCUT2D eigenvalue weighted by Gasteiger charge is 2.28. The second kappa shape index (κ2) is 6.80. The molecule has 0 spiro atoms. The number of thiophene rings is 1. The average Bonchev–Trinajstić information content (AvgIpc) is 3.12. The van der Waals surface area contributed by atoms with Crippen LogP contribution in [-0.2, 0) is 11.2 Å². The molecule has 3 rings (SSSR count). The molecule has 126 valence electrons. The van der Waals surface area contributed by atoms with Crippen molar-refractivity contribution in [3.8, 4) is 6.07 Å². The zero-order chi connectivity index (χ0) is 17.3. The number of rotatable bonds is 4. The molecule has 2 aromatic rings. The van der Waals surface area contributed by atoms with Crippen LogP contribution in [0.1, 0.15) is 46.7 Å². The first-order chi connectivity index (χ1) is 11.5. The van der Waals surface area contributed by atoms with E-state index in [0.717, 1.165) is 24.9 Å². The van der Waals surface area contributed by atoms with E-state index in [0.29, 0.717) is 17.9 Å². The molecule has 24 heavy (non-hydrogen) atoms. The van der Waals surface area contributed by atoms with E-state index in [-0.39, 0.29) is 17.8 Å². The average molecular weight is 343 g/mol. The van der Waals surface area contributed by atoms with Gasteiger partial charge < -0.3 is 4.42 Å². The van der Waals surface area contributed by atoms with Crippen molar-refractivity contribution in [2.75, 3.05) is 18.4 Å². The van der Waals surface area contributed by atoms with Gasteiger partial charge in [0.25, 0.3) is 0 Å². The monoisotopic (exact) mass is 343 g/mol. The van der Waals surface area contributed by atoms with Gasteiger partial charge in [-0.2, -0.15) is 5.26 Å². The molecular formula is C18H21N3O2S. The van der Waals surface area contributed by atoms with Gasteiger partial charge in [-0.15, -0.1) is 11.3 Å². The van der Waals surface area contributed by atoms with Crippen LogP contribution in [-0.4, -0.2) is 23.9 Å². The van der Waals surface area contributed by atoms with E-state index in [4.69, 9.17) is 4.42 Å². The second-order valence-electron chi connectivity index (χ2n) is 6.09. The Labute approximate surface area is 145 Å². The highest BCUT2D eigenvalue weighted by Crippen LogP contribution is 2.35. The van der Waals surface area contributed by atoms with E-state index >= 15 is 0 Å². The van der Waals surface area contributed by atoms with Crippen LogP contribution in [0.4, 0.5) is 5.88 Å². The molecule has 0 saturated heterocycles. The van der Waals surface area contributed by atoms with Crippen LogP contribution in [0.5, 0.6) is 0 Å². The molecule has 1 atom stereocenters. The lowest BCUT2D eigenvalue weighted by Crippen LogP contribution is -2.40. The molecule has 3 heterocycles. The molecule has 0 fully saturated rings. The third-order valence-corrected chi connectivity index (χ3v) is 5.69. The summed E-state index contributed by atoms with van der Waals surface area (Å²) in [6.07, 6.45) is 1.96. The predicted molar refractivity (Wildman–Crippen MR) is 94.2 cm³/mol. The number of fused-ring (bicyclic) bond motifs is 1. The van der Waals surface area contributed by atoms with Crippen LogP contribution < -0.4 is 5.32 Å². The summed E-state index contributed by atoms with van der Waals surface area (Å²) in [6, 6.07) is 4.55. The highest BCUT2D eigenvalue weighted by atomic mass is 32.1. The molecule has 0 radical (unpaired) electrons. The number of hydrogen-bond donors (Lipinski definition) is 1. The number of carbonyl (C=O) groups is 1. The number of furan rings is 1. The van der Waals surface area contributed by atoms with E-state index in [2.05, 4.69) is 34.7 Å². The Hall–Kier alpha value is -2.10. The lowest BCUT2D eigenvalue weighted by molar-refractivity contribution is -0.118. The molecule has 1 amide bonds. The van der Waals surface area contributed by atoms with Crippen LogP contribution in [0, 0.1) is 25.2 Å². The van der Waals surface area contributed by atoms with Gasteiger partial charge in [0.15, 0.2) is 0 Å². The van der Waals surface area contributed by atoms with Crippen molar-refractivity contribution in [2.45, 2.75) is 39.7 Å².